The van der Waals surface area contributed by atoms with Gasteiger partial charge in [-0.1, -0.05) is 48.9 Å². The van der Waals surface area contributed by atoms with Crippen LogP contribution in [-0.4, -0.2) is 50.8 Å². The van der Waals surface area contributed by atoms with E-state index in [1.807, 2.05) is 6.20 Å². The highest BCUT2D eigenvalue weighted by Gasteiger charge is 2.54. The summed E-state index contributed by atoms with van der Waals surface area (Å²) in [6.07, 6.45) is 6.15. The number of benzene rings is 1. The Bertz CT molecular complexity index is 1210. The van der Waals surface area contributed by atoms with Gasteiger partial charge in [-0.05, 0) is 42.5 Å². The van der Waals surface area contributed by atoms with Crippen molar-refractivity contribution in [3.8, 4) is 5.75 Å². The number of anilines is 1. The molecule has 0 N–H and O–H groups in total. The van der Waals surface area contributed by atoms with Crippen LogP contribution in [0.15, 0.2) is 42.6 Å². The highest BCUT2D eigenvalue weighted by atomic mass is 35.5. The first-order valence-electron chi connectivity index (χ1n) is 12.3. The summed E-state index contributed by atoms with van der Waals surface area (Å²) < 4.78 is 6.62. The summed E-state index contributed by atoms with van der Waals surface area (Å²) in [5.74, 6) is 1.62. The molecule has 6 rings (SSSR count). The highest BCUT2D eigenvalue weighted by molar-refractivity contribution is 6.32. The molecule has 1 saturated carbocycles. The Morgan fingerprint density at radius 3 is 2.66 bits per heavy atom. The minimum absolute atomic E-state index is 0.120. The molecule has 1 aliphatic carbocycles. The third kappa shape index (κ3) is 4.34. The van der Waals surface area contributed by atoms with Gasteiger partial charge in [-0.25, -0.2) is 0 Å². The third-order valence-electron chi connectivity index (χ3n) is 7.63. The first-order valence-corrected chi connectivity index (χ1v) is 13.0. The van der Waals surface area contributed by atoms with Crippen LogP contribution in [0.5, 0.6) is 5.75 Å². The lowest BCUT2D eigenvalue weighted by Gasteiger charge is -2.58. The van der Waals surface area contributed by atoms with Gasteiger partial charge < -0.3 is 9.64 Å². The summed E-state index contributed by atoms with van der Waals surface area (Å²) >= 11 is 12.1. The Hall–Kier alpha value is -2.48. The molecule has 2 aliphatic heterocycles. The lowest BCUT2D eigenvalue weighted by Crippen LogP contribution is -2.65. The number of aromatic nitrogens is 4. The lowest BCUT2D eigenvalue weighted by molar-refractivity contribution is -0.0356. The molecular formula is C26H28Cl2N6O. The van der Waals surface area contributed by atoms with Crippen molar-refractivity contribution >= 4 is 29.0 Å². The maximum absolute atomic E-state index is 6.62. The van der Waals surface area contributed by atoms with E-state index in [9.17, 15) is 0 Å². The Morgan fingerprint density at radius 1 is 1.09 bits per heavy atom. The second-order valence-corrected chi connectivity index (χ2v) is 10.7. The van der Waals surface area contributed by atoms with Crippen molar-refractivity contribution in [3.63, 3.8) is 0 Å². The maximum Gasteiger partial charge on any atom is 0.245 e. The van der Waals surface area contributed by atoms with Crippen LogP contribution >= 0.6 is 23.2 Å². The molecule has 3 aromatic rings. The highest BCUT2D eigenvalue weighted by Crippen LogP contribution is 2.52. The molecule has 1 spiro atoms. The van der Waals surface area contributed by atoms with Crippen LogP contribution in [0.2, 0.25) is 10.4 Å². The van der Waals surface area contributed by atoms with Gasteiger partial charge in [-0.15, -0.1) is 10.2 Å². The predicted octanol–water partition coefficient (Wildman–Crippen LogP) is 5.13. The fourth-order valence-corrected chi connectivity index (χ4v) is 6.36. The van der Waals surface area contributed by atoms with Crippen molar-refractivity contribution < 1.29 is 4.74 Å². The fraction of sp³-hybridized carbons (Fsp3) is 0.462. The van der Waals surface area contributed by atoms with Gasteiger partial charge in [-0.3, -0.25) is 9.88 Å². The summed E-state index contributed by atoms with van der Waals surface area (Å²) in [4.78, 5) is 13.7. The molecule has 2 fully saturated rings. The van der Waals surface area contributed by atoms with Crippen molar-refractivity contribution in [1.82, 2.24) is 25.1 Å². The molecule has 2 aromatic heterocycles. The Balaban J connectivity index is 1.13. The number of hydrogen-bond acceptors (Lipinski definition) is 7. The van der Waals surface area contributed by atoms with Gasteiger partial charge in [0.05, 0.1) is 5.69 Å². The van der Waals surface area contributed by atoms with Gasteiger partial charge in [0.1, 0.15) is 11.9 Å². The van der Waals surface area contributed by atoms with Crippen LogP contribution in [0, 0.1) is 5.41 Å². The third-order valence-corrected chi connectivity index (χ3v) is 8.03. The Morgan fingerprint density at radius 2 is 1.89 bits per heavy atom. The summed E-state index contributed by atoms with van der Waals surface area (Å²) in [6.45, 7) is 6.00. The largest absolute Gasteiger partial charge is 0.490 e. The van der Waals surface area contributed by atoms with Gasteiger partial charge in [0.15, 0.2) is 11.0 Å². The average Bonchev–Trinajstić information content (AvgIpc) is 2.82. The van der Waals surface area contributed by atoms with Crippen molar-refractivity contribution in [2.75, 3.05) is 24.5 Å². The average molecular weight is 511 g/mol. The molecule has 1 unspecified atom stereocenters. The molecule has 9 heteroatoms. The van der Waals surface area contributed by atoms with Crippen LogP contribution in [0.4, 0.5) is 5.82 Å². The fourth-order valence-electron chi connectivity index (χ4n) is 6.04. The van der Waals surface area contributed by atoms with E-state index in [1.165, 1.54) is 16.8 Å². The van der Waals surface area contributed by atoms with Crippen LogP contribution in [0.3, 0.4) is 0 Å². The Kier molecular flexibility index (Phi) is 6.03. The van der Waals surface area contributed by atoms with Crippen LogP contribution < -0.4 is 9.64 Å². The molecule has 1 atom stereocenters. The van der Waals surface area contributed by atoms with Gasteiger partial charge >= 0.3 is 0 Å². The van der Waals surface area contributed by atoms with E-state index in [0.717, 1.165) is 57.6 Å². The van der Waals surface area contributed by atoms with Crippen molar-refractivity contribution in [1.29, 1.82) is 0 Å². The van der Waals surface area contributed by atoms with Crippen LogP contribution in [0.1, 0.15) is 49.0 Å². The number of nitrogens with zero attached hydrogens (tertiary/aromatic N) is 6. The molecule has 0 bridgehead atoms. The van der Waals surface area contributed by atoms with E-state index in [1.54, 1.807) is 0 Å². The number of rotatable bonds is 6. The van der Waals surface area contributed by atoms with Gasteiger partial charge in [0, 0.05) is 55.8 Å². The molecular weight excluding hydrogens is 483 g/mol. The standard InChI is InChI=1S/C26H28Cl2N6O/c1-2-20-22-19(9-11-33(20)14-17-6-4-3-5-7-17)29-10-8-21(22)35-18-12-26(13-18)15-34(16-26)24-23(27)31-32-25(28)30-24/h3-8,10,18,20H,2,9,11-16H2,1H3. The van der Waals surface area contributed by atoms with Crippen molar-refractivity contribution in [3.05, 3.63) is 69.9 Å². The van der Waals surface area contributed by atoms with E-state index < -0.39 is 0 Å². The molecule has 0 amide bonds. The second kappa shape index (κ2) is 9.19. The predicted molar refractivity (Wildman–Crippen MR) is 136 cm³/mol. The van der Waals surface area contributed by atoms with Gasteiger partial charge in [0.2, 0.25) is 5.28 Å². The van der Waals surface area contributed by atoms with E-state index >= 15 is 0 Å². The van der Waals surface area contributed by atoms with E-state index in [0.29, 0.717) is 17.0 Å². The van der Waals surface area contributed by atoms with Gasteiger partial charge in [-0.2, -0.15) is 4.98 Å². The van der Waals surface area contributed by atoms with Gasteiger partial charge in [0.25, 0.3) is 0 Å². The smallest absolute Gasteiger partial charge is 0.245 e. The molecule has 0 radical (unpaired) electrons. The maximum atomic E-state index is 6.62. The minimum Gasteiger partial charge on any atom is -0.490 e. The van der Waals surface area contributed by atoms with Crippen molar-refractivity contribution in [2.45, 2.75) is 51.3 Å². The van der Waals surface area contributed by atoms with E-state index in [4.69, 9.17) is 32.9 Å². The molecule has 1 saturated heterocycles. The second-order valence-electron chi connectivity index (χ2n) is 10.00. The first kappa shape index (κ1) is 23.0. The molecule has 4 heterocycles. The van der Waals surface area contributed by atoms with Crippen LogP contribution in [-0.2, 0) is 13.0 Å². The van der Waals surface area contributed by atoms with Crippen LogP contribution in [0.25, 0.3) is 0 Å². The zero-order valence-electron chi connectivity index (χ0n) is 19.7. The molecule has 3 aliphatic rings. The normalized spacial score (nSPS) is 21.3. The number of hydrogen-bond donors (Lipinski definition) is 0. The summed E-state index contributed by atoms with van der Waals surface area (Å²) in [6, 6.07) is 13.1. The topological polar surface area (TPSA) is 67.3 Å². The Labute approximate surface area is 215 Å². The zero-order chi connectivity index (χ0) is 24.0. The van der Waals surface area contributed by atoms with Crippen molar-refractivity contribution in [2.24, 2.45) is 5.41 Å². The molecule has 35 heavy (non-hydrogen) atoms. The first-order chi connectivity index (χ1) is 17.0. The quantitative estimate of drug-likeness (QED) is 0.455. The lowest BCUT2D eigenvalue weighted by atomic mass is 9.61. The number of fused-ring (bicyclic) bond motifs is 1. The molecule has 1 aromatic carbocycles. The minimum atomic E-state index is 0.120. The SMILES string of the molecule is CCC1c2c(OC3CC4(C3)CN(c3nc(Cl)nnc3Cl)C4)ccnc2CCN1Cc1ccccc1. The summed E-state index contributed by atoms with van der Waals surface area (Å²) in [5, 5.41) is 8.00. The summed E-state index contributed by atoms with van der Waals surface area (Å²) in [5.41, 5.74) is 4.06. The summed E-state index contributed by atoms with van der Waals surface area (Å²) in [7, 11) is 0. The molecule has 182 valence electrons. The number of pyridine rings is 1. The number of halogens is 2. The number of ether oxygens (including phenoxy) is 1. The zero-order valence-corrected chi connectivity index (χ0v) is 21.2. The van der Waals surface area contributed by atoms with E-state index in [2.05, 4.69) is 68.3 Å². The van der Waals surface area contributed by atoms with E-state index in [-0.39, 0.29) is 16.8 Å². The molecule has 7 nitrogen and oxygen atoms in total. The monoisotopic (exact) mass is 510 g/mol.